The van der Waals surface area contributed by atoms with Crippen LogP contribution in [-0.4, -0.2) is 16.1 Å². The number of hydrogen-bond acceptors (Lipinski definition) is 2. The van der Waals surface area contributed by atoms with E-state index in [0.29, 0.717) is 11.0 Å². The SMILES string of the molecule is O=C(O)Cc1cc(C(F)F)cc(CBr)n1. The molecule has 1 heterocycles. The van der Waals surface area contributed by atoms with Crippen LogP contribution in [-0.2, 0) is 16.5 Å². The van der Waals surface area contributed by atoms with Crippen molar-refractivity contribution in [1.29, 1.82) is 0 Å². The highest BCUT2D eigenvalue weighted by Crippen LogP contribution is 2.21. The van der Waals surface area contributed by atoms with E-state index in [2.05, 4.69) is 20.9 Å². The standard InChI is InChI=1S/C9H8BrF2NO2/c10-4-7-2-5(9(11)12)1-6(13-7)3-8(14)15/h1-2,9H,3-4H2,(H,14,15). The van der Waals surface area contributed by atoms with E-state index in [1.54, 1.807) is 0 Å². The molecule has 0 aliphatic heterocycles. The Labute approximate surface area is 93.3 Å². The second-order valence-corrected chi connectivity index (χ2v) is 3.45. The van der Waals surface area contributed by atoms with Crippen LogP contribution in [0.1, 0.15) is 23.4 Å². The van der Waals surface area contributed by atoms with Crippen LogP contribution in [0.15, 0.2) is 12.1 Å². The van der Waals surface area contributed by atoms with Crippen LogP contribution in [0.4, 0.5) is 8.78 Å². The molecular weight excluding hydrogens is 272 g/mol. The molecule has 0 fully saturated rings. The quantitative estimate of drug-likeness (QED) is 0.862. The summed E-state index contributed by atoms with van der Waals surface area (Å²) in [7, 11) is 0. The summed E-state index contributed by atoms with van der Waals surface area (Å²) in [5, 5.41) is 8.84. The van der Waals surface area contributed by atoms with Crippen LogP contribution in [0.2, 0.25) is 0 Å². The zero-order valence-electron chi connectivity index (χ0n) is 7.58. The van der Waals surface area contributed by atoms with Crippen molar-refractivity contribution in [2.45, 2.75) is 18.2 Å². The normalized spacial score (nSPS) is 10.7. The largest absolute Gasteiger partial charge is 0.481 e. The van der Waals surface area contributed by atoms with E-state index in [1.165, 1.54) is 6.07 Å². The average Bonchev–Trinajstić information content (AvgIpc) is 2.16. The second kappa shape index (κ2) is 5.16. The lowest BCUT2D eigenvalue weighted by Crippen LogP contribution is -2.05. The molecule has 0 radical (unpaired) electrons. The number of rotatable bonds is 4. The molecule has 6 heteroatoms. The van der Waals surface area contributed by atoms with Gasteiger partial charge >= 0.3 is 5.97 Å². The molecule has 0 unspecified atom stereocenters. The van der Waals surface area contributed by atoms with Crippen molar-refractivity contribution in [2.24, 2.45) is 0 Å². The molecule has 1 rings (SSSR count). The minimum absolute atomic E-state index is 0.148. The van der Waals surface area contributed by atoms with E-state index in [0.717, 1.165) is 6.07 Å². The number of aromatic nitrogens is 1. The van der Waals surface area contributed by atoms with Gasteiger partial charge in [-0.1, -0.05) is 15.9 Å². The van der Waals surface area contributed by atoms with Gasteiger partial charge in [-0.15, -0.1) is 0 Å². The molecule has 82 valence electrons. The molecule has 0 saturated heterocycles. The fourth-order valence-corrected chi connectivity index (χ4v) is 1.40. The highest BCUT2D eigenvalue weighted by molar-refractivity contribution is 9.08. The van der Waals surface area contributed by atoms with Crippen molar-refractivity contribution in [1.82, 2.24) is 4.98 Å². The van der Waals surface area contributed by atoms with E-state index < -0.39 is 12.4 Å². The van der Waals surface area contributed by atoms with Gasteiger partial charge in [0.25, 0.3) is 6.43 Å². The molecule has 0 amide bonds. The fraction of sp³-hybridized carbons (Fsp3) is 0.333. The molecule has 0 spiro atoms. The average molecular weight is 280 g/mol. The number of hydrogen-bond donors (Lipinski definition) is 1. The maximum Gasteiger partial charge on any atom is 0.309 e. The van der Waals surface area contributed by atoms with Crippen LogP contribution < -0.4 is 0 Å². The third kappa shape index (κ3) is 3.54. The molecule has 0 bridgehead atoms. The van der Waals surface area contributed by atoms with Crippen LogP contribution in [0, 0.1) is 0 Å². The van der Waals surface area contributed by atoms with Crippen LogP contribution >= 0.6 is 15.9 Å². The summed E-state index contributed by atoms with van der Waals surface area (Å²) < 4.78 is 24.8. The van der Waals surface area contributed by atoms with Gasteiger partial charge in [-0.3, -0.25) is 9.78 Å². The third-order valence-electron chi connectivity index (χ3n) is 1.68. The Hall–Kier alpha value is -1.04. The van der Waals surface area contributed by atoms with Gasteiger partial charge in [0.2, 0.25) is 0 Å². The zero-order chi connectivity index (χ0) is 11.4. The highest BCUT2D eigenvalue weighted by atomic mass is 79.9. The summed E-state index contributed by atoms with van der Waals surface area (Å²) in [6.07, 6.45) is -2.96. The van der Waals surface area contributed by atoms with Gasteiger partial charge in [0.05, 0.1) is 17.8 Å². The predicted octanol–water partition coefficient (Wildman–Crippen LogP) is 2.54. The molecule has 0 aliphatic rings. The molecular formula is C9H8BrF2NO2. The first kappa shape index (κ1) is 12.0. The number of nitrogens with zero attached hydrogens (tertiary/aromatic N) is 1. The first-order chi connectivity index (χ1) is 7.02. The molecule has 0 atom stereocenters. The lowest BCUT2D eigenvalue weighted by molar-refractivity contribution is -0.136. The molecule has 3 nitrogen and oxygen atoms in total. The fourth-order valence-electron chi connectivity index (χ4n) is 1.12. The minimum Gasteiger partial charge on any atom is -0.481 e. The number of carboxylic acid groups (broad SMARTS) is 1. The zero-order valence-corrected chi connectivity index (χ0v) is 9.17. The molecule has 1 N–H and O–H groups in total. The van der Waals surface area contributed by atoms with E-state index in [1.807, 2.05) is 0 Å². The lowest BCUT2D eigenvalue weighted by atomic mass is 10.1. The Bertz CT molecular complexity index is 371. The number of carbonyl (C=O) groups is 1. The molecule has 0 saturated carbocycles. The smallest absolute Gasteiger partial charge is 0.309 e. The molecule has 1 aromatic heterocycles. The predicted molar refractivity (Wildman–Crippen MR) is 53.2 cm³/mol. The summed E-state index contributed by atoms with van der Waals surface area (Å²) in [4.78, 5) is 14.3. The first-order valence-corrected chi connectivity index (χ1v) is 5.20. The lowest BCUT2D eigenvalue weighted by Gasteiger charge is -2.05. The van der Waals surface area contributed by atoms with Crippen molar-refractivity contribution in [3.05, 3.63) is 29.1 Å². The Morgan fingerprint density at radius 3 is 2.53 bits per heavy atom. The van der Waals surface area contributed by atoms with Gasteiger partial charge in [-0.2, -0.15) is 0 Å². The van der Waals surface area contributed by atoms with Gasteiger partial charge in [-0.25, -0.2) is 8.78 Å². The number of pyridine rings is 1. The molecule has 0 aliphatic carbocycles. The van der Waals surface area contributed by atoms with Gasteiger partial charge in [0.1, 0.15) is 0 Å². The Kier molecular flexibility index (Phi) is 4.14. The summed E-state index contributed by atoms with van der Waals surface area (Å²) >= 11 is 3.09. The van der Waals surface area contributed by atoms with Gasteiger partial charge in [0, 0.05) is 10.9 Å². The summed E-state index contributed by atoms with van der Waals surface area (Å²) in [5.41, 5.74) is 0.356. The topological polar surface area (TPSA) is 50.2 Å². The molecule has 0 aromatic carbocycles. The van der Waals surface area contributed by atoms with E-state index >= 15 is 0 Å². The maximum atomic E-state index is 12.4. The number of alkyl halides is 3. The van der Waals surface area contributed by atoms with Crippen molar-refractivity contribution in [2.75, 3.05) is 0 Å². The van der Waals surface area contributed by atoms with E-state index in [-0.39, 0.29) is 17.7 Å². The maximum absolute atomic E-state index is 12.4. The summed E-state index contributed by atoms with van der Waals surface area (Å²) in [5.74, 6) is -1.09. The third-order valence-corrected chi connectivity index (χ3v) is 2.25. The summed E-state index contributed by atoms with van der Waals surface area (Å²) in [6.45, 7) is 0. The van der Waals surface area contributed by atoms with E-state index in [9.17, 15) is 13.6 Å². The number of aliphatic carboxylic acids is 1. The monoisotopic (exact) mass is 279 g/mol. The van der Waals surface area contributed by atoms with Crippen molar-refractivity contribution in [3.63, 3.8) is 0 Å². The van der Waals surface area contributed by atoms with E-state index in [4.69, 9.17) is 5.11 Å². The summed E-state index contributed by atoms with van der Waals surface area (Å²) in [6, 6.07) is 2.37. The van der Waals surface area contributed by atoms with Crippen LogP contribution in [0.3, 0.4) is 0 Å². The van der Waals surface area contributed by atoms with Crippen LogP contribution in [0.5, 0.6) is 0 Å². The number of carboxylic acids is 1. The van der Waals surface area contributed by atoms with Gasteiger partial charge in [-0.05, 0) is 12.1 Å². The molecule has 15 heavy (non-hydrogen) atoms. The van der Waals surface area contributed by atoms with Crippen LogP contribution in [0.25, 0.3) is 0 Å². The van der Waals surface area contributed by atoms with Crippen molar-refractivity contribution in [3.8, 4) is 0 Å². The Balaban J connectivity index is 3.05. The van der Waals surface area contributed by atoms with Gasteiger partial charge in [0.15, 0.2) is 0 Å². The minimum atomic E-state index is -2.61. The Morgan fingerprint density at radius 1 is 1.47 bits per heavy atom. The Morgan fingerprint density at radius 2 is 2.07 bits per heavy atom. The number of halogens is 3. The first-order valence-electron chi connectivity index (χ1n) is 4.08. The van der Waals surface area contributed by atoms with Crippen molar-refractivity contribution < 1.29 is 18.7 Å². The molecule has 1 aromatic rings. The highest BCUT2D eigenvalue weighted by Gasteiger charge is 2.12. The second-order valence-electron chi connectivity index (χ2n) is 2.89. The van der Waals surface area contributed by atoms with Gasteiger partial charge < -0.3 is 5.11 Å². The van der Waals surface area contributed by atoms with Crippen molar-refractivity contribution >= 4 is 21.9 Å².